The number of rotatable bonds is 5. The number of ether oxygens (including phenoxy) is 1. The van der Waals surface area contributed by atoms with Gasteiger partial charge in [-0.25, -0.2) is 0 Å². The molecule has 2 heterocycles. The molecule has 29 heavy (non-hydrogen) atoms. The van der Waals surface area contributed by atoms with Gasteiger partial charge in [0, 0.05) is 49.3 Å². The number of piperazine rings is 1. The number of benzene rings is 2. The second-order valence-corrected chi connectivity index (χ2v) is 7.33. The molecule has 0 saturated carbocycles. The normalized spacial score (nSPS) is 14.0. The van der Waals surface area contributed by atoms with Gasteiger partial charge in [-0.15, -0.1) is 0 Å². The van der Waals surface area contributed by atoms with E-state index >= 15 is 0 Å². The maximum absolute atomic E-state index is 13.1. The predicted molar refractivity (Wildman–Crippen MR) is 115 cm³/mol. The SMILES string of the molecule is O=C(c1ccccc1OCc1ccc(Cl)cc1)N1CCN(c2ccncc2)CC1. The number of aromatic nitrogens is 1. The van der Waals surface area contributed by atoms with Crippen LogP contribution in [0.5, 0.6) is 5.75 Å². The molecule has 2 aromatic carbocycles. The largest absolute Gasteiger partial charge is 0.488 e. The zero-order valence-electron chi connectivity index (χ0n) is 16.0. The quantitative estimate of drug-likeness (QED) is 0.633. The molecule has 3 aromatic rings. The van der Waals surface area contributed by atoms with Gasteiger partial charge < -0.3 is 14.5 Å². The Bertz CT molecular complexity index is 955. The minimum atomic E-state index is 0.00563. The Morgan fingerprint density at radius 1 is 0.931 bits per heavy atom. The summed E-state index contributed by atoms with van der Waals surface area (Å²) in [5, 5.41) is 0.690. The molecule has 0 radical (unpaired) electrons. The van der Waals surface area contributed by atoms with Crippen LogP contribution in [0, 0.1) is 0 Å². The van der Waals surface area contributed by atoms with Gasteiger partial charge in [-0.3, -0.25) is 9.78 Å². The standard InChI is InChI=1S/C23H22ClN3O2/c24-19-7-5-18(6-8-19)17-29-22-4-2-1-3-21(22)23(28)27-15-13-26(14-16-27)20-9-11-25-12-10-20/h1-12H,13-17H2. The Morgan fingerprint density at radius 3 is 2.34 bits per heavy atom. The van der Waals surface area contributed by atoms with Crippen molar-refractivity contribution >= 4 is 23.2 Å². The Hall–Kier alpha value is -3.05. The molecule has 6 heteroatoms. The van der Waals surface area contributed by atoms with Crippen LogP contribution in [0.3, 0.4) is 0 Å². The molecule has 1 saturated heterocycles. The van der Waals surface area contributed by atoms with E-state index in [1.54, 1.807) is 12.4 Å². The number of halogens is 1. The van der Waals surface area contributed by atoms with Gasteiger partial charge in [0.05, 0.1) is 5.56 Å². The Kier molecular flexibility index (Phi) is 5.96. The van der Waals surface area contributed by atoms with Crippen LogP contribution in [0.15, 0.2) is 73.1 Å². The van der Waals surface area contributed by atoms with E-state index in [9.17, 15) is 4.79 Å². The highest BCUT2D eigenvalue weighted by Crippen LogP contribution is 2.23. The Balaban J connectivity index is 1.41. The Morgan fingerprint density at radius 2 is 1.62 bits per heavy atom. The van der Waals surface area contributed by atoms with E-state index in [0.717, 1.165) is 24.3 Å². The highest BCUT2D eigenvalue weighted by molar-refractivity contribution is 6.30. The first-order valence-electron chi connectivity index (χ1n) is 9.61. The van der Waals surface area contributed by atoms with Crippen LogP contribution < -0.4 is 9.64 Å². The topological polar surface area (TPSA) is 45.7 Å². The molecule has 4 rings (SSSR count). The van der Waals surface area contributed by atoms with Gasteiger partial charge >= 0.3 is 0 Å². The lowest BCUT2D eigenvalue weighted by Crippen LogP contribution is -2.48. The summed E-state index contributed by atoms with van der Waals surface area (Å²) >= 11 is 5.93. The molecule has 0 bridgehead atoms. The van der Waals surface area contributed by atoms with Crippen molar-refractivity contribution in [2.75, 3.05) is 31.1 Å². The molecule has 0 N–H and O–H groups in total. The summed E-state index contributed by atoms with van der Waals surface area (Å²) < 4.78 is 5.96. The summed E-state index contributed by atoms with van der Waals surface area (Å²) in [6.07, 6.45) is 3.59. The van der Waals surface area contributed by atoms with E-state index in [-0.39, 0.29) is 5.91 Å². The van der Waals surface area contributed by atoms with E-state index in [0.29, 0.717) is 36.0 Å². The first kappa shape index (κ1) is 19.3. The predicted octanol–water partition coefficient (Wildman–Crippen LogP) is 4.28. The molecule has 0 aliphatic carbocycles. The van der Waals surface area contributed by atoms with Gasteiger partial charge in [0.1, 0.15) is 12.4 Å². The number of pyridine rings is 1. The summed E-state index contributed by atoms with van der Waals surface area (Å²) in [5.41, 5.74) is 2.74. The van der Waals surface area contributed by atoms with Gasteiger partial charge in [0.15, 0.2) is 0 Å². The van der Waals surface area contributed by atoms with Crippen molar-refractivity contribution in [2.24, 2.45) is 0 Å². The van der Waals surface area contributed by atoms with Crippen molar-refractivity contribution in [3.05, 3.63) is 89.2 Å². The van der Waals surface area contributed by atoms with Crippen molar-refractivity contribution in [1.29, 1.82) is 0 Å². The van der Waals surface area contributed by atoms with Crippen LogP contribution in [-0.4, -0.2) is 42.0 Å². The minimum Gasteiger partial charge on any atom is -0.488 e. The summed E-state index contributed by atoms with van der Waals surface area (Å²) in [6.45, 7) is 3.32. The molecule has 0 atom stereocenters. The Labute approximate surface area is 175 Å². The monoisotopic (exact) mass is 407 g/mol. The molecule has 0 spiro atoms. The minimum absolute atomic E-state index is 0.00563. The summed E-state index contributed by atoms with van der Waals surface area (Å²) in [6, 6.07) is 18.9. The maximum Gasteiger partial charge on any atom is 0.257 e. The average Bonchev–Trinajstić information content (AvgIpc) is 2.79. The second kappa shape index (κ2) is 8.97. The molecule has 1 amide bonds. The van der Waals surface area contributed by atoms with Crippen molar-refractivity contribution in [3.63, 3.8) is 0 Å². The number of carbonyl (C=O) groups excluding carboxylic acids is 1. The number of amides is 1. The molecule has 1 aromatic heterocycles. The van der Waals surface area contributed by atoms with Gasteiger partial charge in [-0.05, 0) is 42.0 Å². The molecule has 1 aliphatic heterocycles. The van der Waals surface area contributed by atoms with Crippen molar-refractivity contribution in [2.45, 2.75) is 6.61 Å². The lowest BCUT2D eigenvalue weighted by molar-refractivity contribution is 0.0742. The third-order valence-electron chi connectivity index (χ3n) is 5.02. The van der Waals surface area contributed by atoms with Gasteiger partial charge in [-0.1, -0.05) is 35.9 Å². The van der Waals surface area contributed by atoms with Gasteiger partial charge in [-0.2, -0.15) is 0 Å². The first-order valence-corrected chi connectivity index (χ1v) is 9.99. The maximum atomic E-state index is 13.1. The second-order valence-electron chi connectivity index (χ2n) is 6.90. The fourth-order valence-corrected chi connectivity index (χ4v) is 3.53. The molecule has 1 aliphatic rings. The van der Waals surface area contributed by atoms with E-state index in [1.165, 1.54) is 0 Å². The number of nitrogens with zero attached hydrogens (tertiary/aromatic N) is 3. The van der Waals surface area contributed by atoms with Gasteiger partial charge in [0.2, 0.25) is 0 Å². The summed E-state index contributed by atoms with van der Waals surface area (Å²) in [7, 11) is 0. The highest BCUT2D eigenvalue weighted by atomic mass is 35.5. The van der Waals surface area contributed by atoms with Crippen LogP contribution in [-0.2, 0) is 6.61 Å². The molecular formula is C23H22ClN3O2. The molecule has 0 unspecified atom stereocenters. The highest BCUT2D eigenvalue weighted by Gasteiger charge is 2.24. The molecular weight excluding hydrogens is 386 g/mol. The summed E-state index contributed by atoms with van der Waals surface area (Å²) in [4.78, 5) is 21.3. The number of anilines is 1. The number of hydrogen-bond acceptors (Lipinski definition) is 4. The van der Waals surface area contributed by atoms with Crippen molar-refractivity contribution in [1.82, 2.24) is 9.88 Å². The lowest BCUT2D eigenvalue weighted by Gasteiger charge is -2.36. The van der Waals surface area contributed by atoms with E-state index < -0.39 is 0 Å². The number of hydrogen-bond donors (Lipinski definition) is 0. The molecule has 5 nitrogen and oxygen atoms in total. The fraction of sp³-hybridized carbons (Fsp3) is 0.217. The average molecular weight is 408 g/mol. The fourth-order valence-electron chi connectivity index (χ4n) is 3.40. The zero-order chi connectivity index (χ0) is 20.1. The smallest absolute Gasteiger partial charge is 0.257 e. The van der Waals surface area contributed by atoms with Crippen LogP contribution in [0.1, 0.15) is 15.9 Å². The third-order valence-corrected chi connectivity index (χ3v) is 5.27. The first-order chi connectivity index (χ1) is 14.2. The zero-order valence-corrected chi connectivity index (χ0v) is 16.8. The molecule has 148 valence electrons. The lowest BCUT2D eigenvalue weighted by atomic mass is 10.1. The van der Waals surface area contributed by atoms with E-state index in [1.807, 2.05) is 65.6 Å². The van der Waals surface area contributed by atoms with Crippen molar-refractivity contribution < 1.29 is 9.53 Å². The number of para-hydroxylation sites is 1. The van der Waals surface area contributed by atoms with Gasteiger partial charge in [0.25, 0.3) is 5.91 Å². The third kappa shape index (κ3) is 4.69. The van der Waals surface area contributed by atoms with E-state index in [2.05, 4.69) is 9.88 Å². The van der Waals surface area contributed by atoms with Crippen LogP contribution in [0.2, 0.25) is 5.02 Å². The van der Waals surface area contributed by atoms with Crippen LogP contribution >= 0.6 is 11.6 Å². The summed E-state index contributed by atoms with van der Waals surface area (Å²) in [5.74, 6) is 0.607. The van der Waals surface area contributed by atoms with Crippen molar-refractivity contribution in [3.8, 4) is 5.75 Å². The van der Waals surface area contributed by atoms with Crippen LogP contribution in [0.25, 0.3) is 0 Å². The number of carbonyl (C=O) groups is 1. The molecule has 1 fully saturated rings. The van der Waals surface area contributed by atoms with E-state index in [4.69, 9.17) is 16.3 Å². The van der Waals surface area contributed by atoms with Crippen LogP contribution in [0.4, 0.5) is 5.69 Å².